The minimum Gasteiger partial charge on any atom is -0.399 e. The van der Waals surface area contributed by atoms with Crippen LogP contribution in [0.5, 0.6) is 0 Å². The van der Waals surface area contributed by atoms with Crippen LogP contribution in [0.4, 0.5) is 5.69 Å². The van der Waals surface area contributed by atoms with Crippen molar-refractivity contribution < 1.29 is 5.11 Å². The van der Waals surface area contributed by atoms with E-state index in [1.807, 2.05) is 23.7 Å². The molecule has 0 saturated carbocycles. The molecule has 0 fully saturated rings. The van der Waals surface area contributed by atoms with E-state index < -0.39 is 6.10 Å². The summed E-state index contributed by atoms with van der Waals surface area (Å²) < 4.78 is 1.87. The summed E-state index contributed by atoms with van der Waals surface area (Å²) in [6, 6.07) is 5.54. The highest BCUT2D eigenvalue weighted by Crippen LogP contribution is 2.20. The Labute approximate surface area is 106 Å². The Kier molecular flexibility index (Phi) is 5.06. The number of aliphatic hydroxyl groups excluding tert-OH is 1. The van der Waals surface area contributed by atoms with Gasteiger partial charge in [0.1, 0.15) is 11.9 Å². The highest BCUT2D eigenvalue weighted by atomic mass is 35.5. The lowest BCUT2D eigenvalue weighted by Gasteiger charge is -2.03. The third-order valence-corrected chi connectivity index (χ3v) is 2.31. The Morgan fingerprint density at radius 3 is 2.56 bits per heavy atom. The quantitative estimate of drug-likeness (QED) is 0.775. The molecule has 1 aromatic heterocycles. The van der Waals surface area contributed by atoms with E-state index in [0.29, 0.717) is 11.5 Å². The lowest BCUT2D eigenvalue weighted by molar-refractivity contribution is 0.186. The number of aromatic nitrogens is 2. The van der Waals surface area contributed by atoms with E-state index in [9.17, 15) is 5.11 Å². The average molecular weight is 264 g/mol. The number of anilines is 1. The fraction of sp³-hybridized carbons (Fsp3) is 0.300. The summed E-state index contributed by atoms with van der Waals surface area (Å²) in [5, 5.41) is 9.46. The number of hydrogen-bond acceptors (Lipinski definition) is 3. The highest BCUT2D eigenvalue weighted by molar-refractivity contribution is 5.85. The minimum atomic E-state index is -0.561. The van der Waals surface area contributed by atoms with Gasteiger partial charge in [-0.3, -0.25) is 0 Å². The summed E-state index contributed by atoms with van der Waals surface area (Å²) in [4.78, 5) is 4.31. The summed E-state index contributed by atoms with van der Waals surface area (Å²) in [5.41, 5.74) is 8.14. The standard InChI is InChI=1S/C10H13N3O.2ClH/c1-6(14)10-12-8-5-7(11)3-4-9(8)13(10)2;;/h3-6,14H,11H2,1-2H3;2*1H. The van der Waals surface area contributed by atoms with Crippen molar-refractivity contribution in [2.75, 3.05) is 5.73 Å². The number of nitrogens with zero attached hydrogens (tertiary/aromatic N) is 2. The molecule has 0 aliphatic carbocycles. The van der Waals surface area contributed by atoms with Crippen LogP contribution in [0.15, 0.2) is 18.2 Å². The molecule has 4 nitrogen and oxygen atoms in total. The summed E-state index contributed by atoms with van der Waals surface area (Å²) in [7, 11) is 1.88. The predicted molar refractivity (Wildman–Crippen MR) is 70.3 cm³/mol. The molecule has 1 unspecified atom stereocenters. The molecule has 1 heterocycles. The molecule has 0 aliphatic rings. The number of imidazole rings is 1. The van der Waals surface area contributed by atoms with E-state index >= 15 is 0 Å². The van der Waals surface area contributed by atoms with Crippen molar-refractivity contribution in [3.05, 3.63) is 24.0 Å². The monoisotopic (exact) mass is 263 g/mol. The molecule has 0 aliphatic heterocycles. The van der Waals surface area contributed by atoms with Crippen molar-refractivity contribution in [3.63, 3.8) is 0 Å². The molecule has 1 atom stereocenters. The van der Waals surface area contributed by atoms with Crippen molar-refractivity contribution in [1.29, 1.82) is 0 Å². The molecule has 0 bridgehead atoms. The van der Waals surface area contributed by atoms with Crippen LogP contribution in [0.3, 0.4) is 0 Å². The van der Waals surface area contributed by atoms with Gasteiger partial charge in [0.25, 0.3) is 0 Å². The van der Waals surface area contributed by atoms with E-state index in [2.05, 4.69) is 4.98 Å². The topological polar surface area (TPSA) is 64.1 Å². The Hall–Kier alpha value is -0.970. The second kappa shape index (κ2) is 5.39. The first-order valence-corrected chi connectivity index (χ1v) is 4.49. The molecule has 2 rings (SSSR count). The largest absolute Gasteiger partial charge is 0.399 e. The van der Waals surface area contributed by atoms with Crippen molar-refractivity contribution in [2.24, 2.45) is 7.05 Å². The molecular weight excluding hydrogens is 249 g/mol. The van der Waals surface area contributed by atoms with Crippen LogP contribution in [-0.4, -0.2) is 14.7 Å². The number of fused-ring (bicyclic) bond motifs is 1. The fourth-order valence-corrected chi connectivity index (χ4v) is 1.61. The molecule has 3 N–H and O–H groups in total. The van der Waals surface area contributed by atoms with Gasteiger partial charge in [0.15, 0.2) is 0 Å². The van der Waals surface area contributed by atoms with Crippen LogP contribution in [0, 0.1) is 0 Å². The van der Waals surface area contributed by atoms with Gasteiger partial charge in [0.2, 0.25) is 0 Å². The smallest absolute Gasteiger partial charge is 0.138 e. The van der Waals surface area contributed by atoms with Gasteiger partial charge < -0.3 is 15.4 Å². The molecule has 1 aromatic carbocycles. The number of nitrogens with two attached hydrogens (primary N) is 1. The first-order valence-electron chi connectivity index (χ1n) is 4.49. The Bertz CT molecular complexity index is 482. The number of hydrogen-bond donors (Lipinski definition) is 2. The van der Waals surface area contributed by atoms with Gasteiger partial charge in [-0.1, -0.05) is 0 Å². The van der Waals surface area contributed by atoms with Crippen molar-refractivity contribution in [3.8, 4) is 0 Å². The predicted octanol–water partition coefficient (Wildman–Crippen LogP) is 2.05. The number of benzene rings is 1. The van der Waals surface area contributed by atoms with E-state index in [-0.39, 0.29) is 24.8 Å². The number of aryl methyl sites for hydroxylation is 1. The maximum Gasteiger partial charge on any atom is 0.138 e. The van der Waals surface area contributed by atoms with Crippen LogP contribution >= 0.6 is 24.8 Å². The second-order valence-corrected chi connectivity index (χ2v) is 3.45. The molecule has 0 saturated heterocycles. The molecule has 0 spiro atoms. The van der Waals surface area contributed by atoms with Crippen LogP contribution in [0.1, 0.15) is 18.9 Å². The zero-order valence-electron chi connectivity index (χ0n) is 9.04. The van der Waals surface area contributed by atoms with E-state index in [1.165, 1.54) is 0 Å². The van der Waals surface area contributed by atoms with E-state index in [4.69, 9.17) is 5.73 Å². The van der Waals surface area contributed by atoms with Crippen LogP contribution in [-0.2, 0) is 7.05 Å². The van der Waals surface area contributed by atoms with Crippen LogP contribution in [0.2, 0.25) is 0 Å². The van der Waals surface area contributed by atoms with Gasteiger partial charge in [0.05, 0.1) is 11.0 Å². The molecule has 2 aromatic rings. The molecule has 16 heavy (non-hydrogen) atoms. The number of aliphatic hydroxyl groups is 1. The Morgan fingerprint density at radius 2 is 2.00 bits per heavy atom. The van der Waals surface area contributed by atoms with E-state index in [0.717, 1.165) is 11.0 Å². The van der Waals surface area contributed by atoms with E-state index in [1.54, 1.807) is 13.0 Å². The maximum absolute atomic E-state index is 9.46. The highest BCUT2D eigenvalue weighted by Gasteiger charge is 2.11. The average Bonchev–Trinajstić information content (AvgIpc) is 2.43. The Morgan fingerprint density at radius 1 is 1.38 bits per heavy atom. The fourth-order valence-electron chi connectivity index (χ4n) is 1.61. The van der Waals surface area contributed by atoms with Gasteiger partial charge >= 0.3 is 0 Å². The lowest BCUT2D eigenvalue weighted by Crippen LogP contribution is -2.01. The maximum atomic E-state index is 9.46. The molecule has 0 radical (unpaired) electrons. The van der Waals surface area contributed by atoms with Gasteiger partial charge in [0, 0.05) is 12.7 Å². The summed E-state index contributed by atoms with van der Waals surface area (Å²) in [6.45, 7) is 1.70. The second-order valence-electron chi connectivity index (χ2n) is 3.45. The zero-order chi connectivity index (χ0) is 10.3. The number of rotatable bonds is 1. The van der Waals surface area contributed by atoms with Crippen molar-refractivity contribution in [1.82, 2.24) is 9.55 Å². The number of halogens is 2. The third-order valence-electron chi connectivity index (χ3n) is 2.31. The summed E-state index contributed by atoms with van der Waals surface area (Å²) in [6.07, 6.45) is -0.561. The van der Waals surface area contributed by atoms with Gasteiger partial charge in [-0.05, 0) is 25.1 Å². The Balaban J connectivity index is 0.00000112. The third kappa shape index (κ3) is 2.40. The van der Waals surface area contributed by atoms with Gasteiger partial charge in [-0.25, -0.2) is 4.98 Å². The van der Waals surface area contributed by atoms with Gasteiger partial charge in [-0.15, -0.1) is 24.8 Å². The molecular formula is C10H15Cl2N3O. The summed E-state index contributed by atoms with van der Waals surface area (Å²) in [5.74, 6) is 0.658. The normalized spacial score (nSPS) is 11.7. The first-order chi connectivity index (χ1) is 6.59. The molecule has 6 heteroatoms. The van der Waals surface area contributed by atoms with Crippen molar-refractivity contribution >= 4 is 41.5 Å². The van der Waals surface area contributed by atoms with Crippen molar-refractivity contribution in [2.45, 2.75) is 13.0 Å². The lowest BCUT2D eigenvalue weighted by atomic mass is 10.3. The SMILES string of the molecule is CC(O)c1nc2cc(N)ccc2n1C.Cl.Cl. The zero-order valence-corrected chi connectivity index (χ0v) is 10.7. The number of nitrogen functional groups attached to an aromatic ring is 1. The first kappa shape index (κ1) is 15.0. The molecule has 90 valence electrons. The van der Waals surface area contributed by atoms with Gasteiger partial charge in [-0.2, -0.15) is 0 Å². The van der Waals surface area contributed by atoms with Crippen LogP contribution in [0.25, 0.3) is 11.0 Å². The summed E-state index contributed by atoms with van der Waals surface area (Å²) >= 11 is 0. The van der Waals surface area contributed by atoms with Crippen LogP contribution < -0.4 is 5.73 Å². The minimum absolute atomic E-state index is 0. The molecule has 0 amide bonds.